The van der Waals surface area contributed by atoms with Crippen molar-refractivity contribution in [3.8, 4) is 0 Å². The third kappa shape index (κ3) is 6.23. The van der Waals surface area contributed by atoms with Gasteiger partial charge in [0.1, 0.15) is 5.15 Å². The molecule has 0 bridgehead atoms. The summed E-state index contributed by atoms with van der Waals surface area (Å²) < 4.78 is 6.82. The highest BCUT2D eigenvalue weighted by Gasteiger charge is 2.17. The molecule has 1 N–H and O–H groups in total. The van der Waals surface area contributed by atoms with Gasteiger partial charge >= 0.3 is 5.97 Å². The highest BCUT2D eigenvalue weighted by molar-refractivity contribution is 6.31. The molecule has 0 saturated heterocycles. The molecule has 1 aromatic carbocycles. The molecule has 0 radical (unpaired) electrons. The average Bonchev–Trinajstić information content (AvgIpc) is 2.91. The lowest BCUT2D eigenvalue weighted by atomic mass is 10.2. The molecule has 0 spiro atoms. The summed E-state index contributed by atoms with van der Waals surface area (Å²) in [6, 6.07) is 9.84. The zero-order valence-electron chi connectivity index (χ0n) is 16.6. The van der Waals surface area contributed by atoms with E-state index in [2.05, 4.69) is 10.4 Å². The number of ether oxygens (including phenoxy) is 1. The molecule has 0 aliphatic heterocycles. The Morgan fingerprint density at radius 1 is 1.25 bits per heavy atom. The number of benzene rings is 1. The highest BCUT2D eigenvalue weighted by atomic mass is 35.5. The van der Waals surface area contributed by atoms with Crippen molar-refractivity contribution in [1.29, 1.82) is 0 Å². The molecule has 1 atom stereocenters. The Labute approximate surface area is 170 Å². The van der Waals surface area contributed by atoms with Crippen LogP contribution in [-0.4, -0.2) is 34.3 Å². The number of rotatable bonds is 8. The minimum absolute atomic E-state index is 0.319. The molecular weight excluding hydrogens is 378 g/mol. The van der Waals surface area contributed by atoms with Gasteiger partial charge in [-0.2, -0.15) is 5.10 Å². The number of aryl methyl sites for hydroxylation is 1. The molecule has 150 valence electrons. The first-order valence-corrected chi connectivity index (χ1v) is 9.59. The number of nitrogens with zero attached hydrogens (tertiary/aromatic N) is 2. The first-order valence-electron chi connectivity index (χ1n) is 9.21. The standard InChI is InChI=1S/C21H26ClN3O3/c1-14(2)12-23-21(27)16(4)28-19(26)11-10-18-15(3)24-25(20(18)22)13-17-8-6-5-7-9-17/h5-11,14,16H,12-13H2,1-4H3,(H,23,27)/b11-10+. The number of nitrogens with one attached hydrogen (secondary N) is 1. The number of carbonyl (C=O) groups excluding carboxylic acids is 2. The maximum absolute atomic E-state index is 12.0. The normalized spacial score (nSPS) is 12.4. The summed E-state index contributed by atoms with van der Waals surface area (Å²) in [6.45, 7) is 8.41. The zero-order chi connectivity index (χ0) is 20.7. The molecule has 2 rings (SSSR count). The molecule has 1 amide bonds. The largest absolute Gasteiger partial charge is 0.449 e. The van der Waals surface area contributed by atoms with Crippen LogP contribution in [0.3, 0.4) is 0 Å². The minimum atomic E-state index is -0.867. The van der Waals surface area contributed by atoms with E-state index in [0.717, 1.165) is 5.56 Å². The smallest absolute Gasteiger partial charge is 0.331 e. The topological polar surface area (TPSA) is 73.2 Å². The molecule has 1 unspecified atom stereocenters. The number of hydrogen-bond donors (Lipinski definition) is 1. The average molecular weight is 404 g/mol. The number of halogens is 1. The summed E-state index contributed by atoms with van der Waals surface area (Å²) in [5.41, 5.74) is 2.42. The lowest BCUT2D eigenvalue weighted by Gasteiger charge is -2.13. The van der Waals surface area contributed by atoms with Crippen molar-refractivity contribution in [3.05, 3.63) is 58.4 Å². The molecule has 1 aromatic heterocycles. The first-order chi connectivity index (χ1) is 13.3. The maximum Gasteiger partial charge on any atom is 0.331 e. The van der Waals surface area contributed by atoms with Crippen LogP contribution in [0, 0.1) is 12.8 Å². The van der Waals surface area contributed by atoms with E-state index in [0.29, 0.717) is 35.4 Å². The van der Waals surface area contributed by atoms with Crippen LogP contribution in [0.1, 0.15) is 37.6 Å². The van der Waals surface area contributed by atoms with Crippen LogP contribution in [0.25, 0.3) is 6.08 Å². The molecule has 0 fully saturated rings. The Bertz CT molecular complexity index is 844. The van der Waals surface area contributed by atoms with E-state index in [1.54, 1.807) is 10.8 Å². The van der Waals surface area contributed by atoms with Gasteiger partial charge in [-0.3, -0.25) is 4.79 Å². The van der Waals surface area contributed by atoms with Crippen LogP contribution in [0.5, 0.6) is 0 Å². The van der Waals surface area contributed by atoms with E-state index < -0.39 is 12.1 Å². The zero-order valence-corrected chi connectivity index (χ0v) is 17.4. The van der Waals surface area contributed by atoms with Crippen LogP contribution in [0.2, 0.25) is 5.15 Å². The van der Waals surface area contributed by atoms with Gasteiger partial charge in [-0.15, -0.1) is 0 Å². The second-order valence-electron chi connectivity index (χ2n) is 6.98. The fraction of sp³-hybridized carbons (Fsp3) is 0.381. The molecule has 0 saturated carbocycles. The first kappa shape index (κ1) is 21.7. The van der Waals surface area contributed by atoms with Crippen LogP contribution in [-0.2, 0) is 20.9 Å². The predicted octanol–water partition coefficient (Wildman–Crippen LogP) is 3.61. The van der Waals surface area contributed by atoms with Crippen LogP contribution >= 0.6 is 11.6 Å². The molecule has 0 aliphatic rings. The van der Waals surface area contributed by atoms with Crippen molar-refractivity contribution in [1.82, 2.24) is 15.1 Å². The Kier molecular flexibility index (Phi) is 7.81. The van der Waals surface area contributed by atoms with E-state index in [4.69, 9.17) is 16.3 Å². The summed E-state index contributed by atoms with van der Waals surface area (Å²) in [4.78, 5) is 23.9. The fourth-order valence-electron chi connectivity index (χ4n) is 2.48. The van der Waals surface area contributed by atoms with Crippen molar-refractivity contribution in [3.63, 3.8) is 0 Å². The number of esters is 1. The van der Waals surface area contributed by atoms with Crippen LogP contribution < -0.4 is 5.32 Å². The highest BCUT2D eigenvalue weighted by Crippen LogP contribution is 2.22. The van der Waals surface area contributed by atoms with E-state index in [1.807, 2.05) is 51.1 Å². The van der Waals surface area contributed by atoms with Gasteiger partial charge in [-0.05, 0) is 31.4 Å². The second kappa shape index (κ2) is 10.1. The van der Waals surface area contributed by atoms with Gasteiger partial charge in [0.15, 0.2) is 6.10 Å². The van der Waals surface area contributed by atoms with Gasteiger partial charge in [0.25, 0.3) is 5.91 Å². The quantitative estimate of drug-likeness (QED) is 0.539. The summed E-state index contributed by atoms with van der Waals surface area (Å²) >= 11 is 6.42. The van der Waals surface area contributed by atoms with Crippen molar-refractivity contribution in [2.45, 2.75) is 40.3 Å². The Balaban J connectivity index is 1.99. The number of amides is 1. The Morgan fingerprint density at radius 2 is 1.93 bits per heavy atom. The van der Waals surface area contributed by atoms with E-state index in [9.17, 15) is 9.59 Å². The lowest BCUT2D eigenvalue weighted by molar-refractivity contribution is -0.150. The van der Waals surface area contributed by atoms with Gasteiger partial charge < -0.3 is 10.1 Å². The summed E-state index contributed by atoms with van der Waals surface area (Å²) in [6.07, 6.45) is 1.95. The number of hydrogen-bond acceptors (Lipinski definition) is 4. The second-order valence-corrected chi connectivity index (χ2v) is 7.34. The van der Waals surface area contributed by atoms with Crippen molar-refractivity contribution >= 4 is 29.6 Å². The number of carbonyl (C=O) groups is 2. The Hall–Kier alpha value is -2.60. The molecule has 7 heteroatoms. The van der Waals surface area contributed by atoms with Crippen molar-refractivity contribution in [2.75, 3.05) is 6.54 Å². The summed E-state index contributed by atoms with van der Waals surface area (Å²) in [5, 5.41) is 7.60. The fourth-order valence-corrected chi connectivity index (χ4v) is 2.78. The minimum Gasteiger partial charge on any atom is -0.449 e. The molecule has 0 aliphatic carbocycles. The van der Waals surface area contributed by atoms with E-state index in [-0.39, 0.29) is 5.91 Å². The van der Waals surface area contributed by atoms with Crippen LogP contribution in [0.4, 0.5) is 0 Å². The predicted molar refractivity (Wildman–Crippen MR) is 110 cm³/mol. The maximum atomic E-state index is 12.0. The van der Waals surface area contributed by atoms with Gasteiger partial charge in [-0.25, -0.2) is 9.48 Å². The van der Waals surface area contributed by atoms with Gasteiger partial charge in [-0.1, -0.05) is 55.8 Å². The summed E-state index contributed by atoms with van der Waals surface area (Å²) in [7, 11) is 0. The van der Waals surface area contributed by atoms with Crippen molar-refractivity contribution in [2.24, 2.45) is 5.92 Å². The third-order valence-corrected chi connectivity index (χ3v) is 4.42. The van der Waals surface area contributed by atoms with Gasteiger partial charge in [0.2, 0.25) is 0 Å². The van der Waals surface area contributed by atoms with Crippen molar-refractivity contribution < 1.29 is 14.3 Å². The molecule has 2 aromatic rings. The molecule has 1 heterocycles. The van der Waals surface area contributed by atoms with Gasteiger partial charge in [0, 0.05) is 18.2 Å². The van der Waals surface area contributed by atoms with Gasteiger partial charge in [0.05, 0.1) is 12.2 Å². The van der Waals surface area contributed by atoms with E-state index in [1.165, 1.54) is 13.0 Å². The van der Waals surface area contributed by atoms with E-state index >= 15 is 0 Å². The third-order valence-electron chi connectivity index (χ3n) is 4.02. The lowest BCUT2D eigenvalue weighted by Crippen LogP contribution is -2.37. The Morgan fingerprint density at radius 3 is 2.57 bits per heavy atom. The van der Waals surface area contributed by atoms with Crippen LogP contribution in [0.15, 0.2) is 36.4 Å². The molecule has 6 nitrogen and oxygen atoms in total. The SMILES string of the molecule is Cc1nn(Cc2ccccc2)c(Cl)c1/C=C/C(=O)OC(C)C(=O)NCC(C)C. The monoisotopic (exact) mass is 403 g/mol. The molecule has 28 heavy (non-hydrogen) atoms. The summed E-state index contributed by atoms with van der Waals surface area (Å²) in [5.74, 6) is -0.608. The molecular formula is C21H26ClN3O3. The number of aromatic nitrogens is 2.